The van der Waals surface area contributed by atoms with Crippen LogP contribution in [0.5, 0.6) is 0 Å². The molecule has 5 heteroatoms. The summed E-state index contributed by atoms with van der Waals surface area (Å²) in [6, 6.07) is 0. The number of fused-ring (bicyclic) bond motifs is 5. The van der Waals surface area contributed by atoms with Crippen molar-refractivity contribution in [2.45, 2.75) is 125 Å². The molecule has 0 aromatic carbocycles. The molecule has 0 spiro atoms. The van der Waals surface area contributed by atoms with Gasteiger partial charge >= 0.3 is 6.09 Å². The Morgan fingerprint density at radius 3 is 2.41 bits per heavy atom. The van der Waals surface area contributed by atoms with Crippen LogP contribution < -0.4 is 10.6 Å². The van der Waals surface area contributed by atoms with Crippen LogP contribution in [0.3, 0.4) is 0 Å². The molecule has 0 radical (unpaired) electrons. The van der Waals surface area contributed by atoms with E-state index in [1.165, 1.54) is 51.4 Å². The van der Waals surface area contributed by atoms with Gasteiger partial charge in [-0.2, -0.15) is 0 Å². The van der Waals surface area contributed by atoms with E-state index < -0.39 is 0 Å². The van der Waals surface area contributed by atoms with E-state index in [0.29, 0.717) is 18.5 Å². The summed E-state index contributed by atoms with van der Waals surface area (Å²) in [5.74, 6) is 5.01. The molecule has 0 aromatic heterocycles. The van der Waals surface area contributed by atoms with Gasteiger partial charge in [0, 0.05) is 25.4 Å². The third-order valence-corrected chi connectivity index (χ3v) is 11.8. The van der Waals surface area contributed by atoms with Gasteiger partial charge in [-0.05, 0) is 91.3 Å². The minimum Gasteiger partial charge on any atom is -0.446 e. The molecule has 222 valence electrons. The molecular formula is C34H58N2O3. The third kappa shape index (κ3) is 6.53. The smallest absolute Gasteiger partial charge is 0.407 e. The normalized spacial score (nSPS) is 36.4. The van der Waals surface area contributed by atoms with E-state index in [0.717, 1.165) is 54.8 Å². The Morgan fingerprint density at radius 2 is 1.69 bits per heavy atom. The molecule has 3 saturated carbocycles. The van der Waals surface area contributed by atoms with E-state index in [9.17, 15) is 9.59 Å². The number of nitrogens with one attached hydrogen (secondary N) is 2. The molecule has 5 nitrogen and oxygen atoms in total. The minimum atomic E-state index is -0.357. The summed E-state index contributed by atoms with van der Waals surface area (Å²) >= 11 is 0. The third-order valence-electron chi connectivity index (χ3n) is 11.8. The van der Waals surface area contributed by atoms with E-state index >= 15 is 0 Å². The zero-order valence-electron chi connectivity index (χ0n) is 26.1. The number of carbonyl (C=O) groups is 2. The molecule has 0 heterocycles. The van der Waals surface area contributed by atoms with E-state index in [4.69, 9.17) is 4.74 Å². The SMILES string of the molecule is CC(C)CCCC(C)[C@H]1CC[C@H]2[C@@H]3CC=C4C[C@@H](OC(=O)NCCNC(=O)C(C)C)CC[C@]4(C)[C@H]3CC[C@]12C. The van der Waals surface area contributed by atoms with E-state index in [-0.39, 0.29) is 29.4 Å². The van der Waals surface area contributed by atoms with Gasteiger partial charge in [0.1, 0.15) is 6.10 Å². The van der Waals surface area contributed by atoms with E-state index in [1.807, 2.05) is 13.8 Å². The van der Waals surface area contributed by atoms with Gasteiger partial charge in [-0.1, -0.05) is 79.4 Å². The Kier molecular flexibility index (Phi) is 9.80. The Labute approximate surface area is 239 Å². The van der Waals surface area contributed by atoms with Crippen LogP contribution >= 0.6 is 0 Å². The largest absolute Gasteiger partial charge is 0.446 e. The molecule has 0 saturated heterocycles. The lowest BCUT2D eigenvalue weighted by molar-refractivity contribution is -0.123. The number of ether oxygens (including phenoxy) is 1. The fourth-order valence-electron chi connectivity index (χ4n) is 9.50. The topological polar surface area (TPSA) is 67.4 Å². The summed E-state index contributed by atoms with van der Waals surface area (Å²) in [5.41, 5.74) is 2.34. The second-order valence-corrected chi connectivity index (χ2v) is 14.9. The number of hydrogen-bond acceptors (Lipinski definition) is 3. The van der Waals surface area contributed by atoms with Crippen molar-refractivity contribution >= 4 is 12.0 Å². The van der Waals surface area contributed by atoms with Crippen molar-refractivity contribution in [3.8, 4) is 0 Å². The molecule has 1 unspecified atom stereocenters. The average molecular weight is 543 g/mol. The van der Waals surface area contributed by atoms with Crippen LogP contribution in [0.15, 0.2) is 11.6 Å². The highest BCUT2D eigenvalue weighted by molar-refractivity contribution is 5.77. The first-order valence-corrected chi connectivity index (χ1v) is 16.4. The zero-order chi connectivity index (χ0) is 28.4. The summed E-state index contributed by atoms with van der Waals surface area (Å²) in [7, 11) is 0. The predicted molar refractivity (Wildman–Crippen MR) is 159 cm³/mol. The molecule has 8 atom stereocenters. The Hall–Kier alpha value is -1.52. The molecule has 4 aliphatic rings. The molecule has 0 aromatic rings. The van der Waals surface area contributed by atoms with Crippen LogP contribution in [-0.4, -0.2) is 31.2 Å². The molecule has 39 heavy (non-hydrogen) atoms. The lowest BCUT2D eigenvalue weighted by atomic mass is 9.47. The molecule has 3 fully saturated rings. The predicted octanol–water partition coefficient (Wildman–Crippen LogP) is 7.89. The van der Waals surface area contributed by atoms with Crippen LogP contribution in [0, 0.1) is 52.3 Å². The summed E-state index contributed by atoms with van der Waals surface area (Å²) in [5, 5.41) is 5.65. The monoisotopic (exact) mass is 542 g/mol. The summed E-state index contributed by atoms with van der Waals surface area (Å²) in [6.45, 7) is 17.0. The first-order chi connectivity index (χ1) is 18.5. The molecule has 4 aliphatic carbocycles. The highest BCUT2D eigenvalue weighted by atomic mass is 16.6. The van der Waals surface area contributed by atoms with Crippen LogP contribution in [0.25, 0.3) is 0 Å². The quantitative estimate of drug-likeness (QED) is 0.218. The summed E-state index contributed by atoms with van der Waals surface area (Å²) < 4.78 is 5.84. The van der Waals surface area contributed by atoms with Gasteiger partial charge in [0.2, 0.25) is 5.91 Å². The van der Waals surface area contributed by atoms with Crippen LogP contribution in [0.4, 0.5) is 4.79 Å². The van der Waals surface area contributed by atoms with Gasteiger partial charge in [-0.25, -0.2) is 4.79 Å². The fraction of sp³-hybridized carbons (Fsp3) is 0.882. The highest BCUT2D eigenvalue weighted by Gasteiger charge is 2.59. The van der Waals surface area contributed by atoms with Crippen molar-refractivity contribution in [2.75, 3.05) is 13.1 Å². The van der Waals surface area contributed by atoms with Crippen LogP contribution in [0.1, 0.15) is 119 Å². The molecule has 0 aliphatic heterocycles. The van der Waals surface area contributed by atoms with Crippen molar-refractivity contribution in [3.63, 3.8) is 0 Å². The van der Waals surface area contributed by atoms with Gasteiger partial charge in [-0.3, -0.25) is 4.79 Å². The second kappa shape index (κ2) is 12.6. The minimum absolute atomic E-state index is 0.00609. The molecule has 2 N–H and O–H groups in total. The number of rotatable bonds is 10. The van der Waals surface area contributed by atoms with Crippen molar-refractivity contribution in [2.24, 2.45) is 52.3 Å². The number of carbonyl (C=O) groups excluding carboxylic acids is 2. The van der Waals surface area contributed by atoms with Gasteiger partial charge in [0.05, 0.1) is 0 Å². The lowest BCUT2D eigenvalue weighted by Gasteiger charge is -2.58. The summed E-state index contributed by atoms with van der Waals surface area (Å²) in [4.78, 5) is 24.1. The maximum absolute atomic E-state index is 12.4. The Morgan fingerprint density at radius 1 is 0.949 bits per heavy atom. The first kappa shape index (κ1) is 30.4. The maximum Gasteiger partial charge on any atom is 0.407 e. The number of alkyl carbamates (subject to hydrolysis) is 1. The van der Waals surface area contributed by atoms with Crippen molar-refractivity contribution in [1.82, 2.24) is 10.6 Å². The molecule has 4 rings (SSSR count). The molecular weight excluding hydrogens is 484 g/mol. The van der Waals surface area contributed by atoms with Crippen LogP contribution in [0.2, 0.25) is 0 Å². The molecule has 2 amide bonds. The Bertz CT molecular complexity index is 897. The van der Waals surface area contributed by atoms with Gasteiger partial charge in [0.15, 0.2) is 0 Å². The number of amides is 2. The standard InChI is InChI=1S/C34H58N2O3/c1-22(2)9-8-10-24(5)28-13-14-29-27-12-11-25-21-26(39-32(38)36-20-19-35-31(37)23(3)4)15-17-33(25,6)30(27)16-18-34(28,29)7/h11,22-24,26-30H,8-10,12-21H2,1-7H3,(H,35,37)(H,36,38)/t24?,26-,27-,28+,29-,30-,33-,34+/m0/s1. The van der Waals surface area contributed by atoms with Gasteiger partial charge < -0.3 is 15.4 Å². The van der Waals surface area contributed by atoms with Gasteiger partial charge in [0.25, 0.3) is 0 Å². The maximum atomic E-state index is 12.4. The summed E-state index contributed by atoms with van der Waals surface area (Å²) in [6.07, 6.45) is 16.2. The van der Waals surface area contributed by atoms with E-state index in [1.54, 1.807) is 5.57 Å². The second-order valence-electron chi connectivity index (χ2n) is 14.9. The number of hydrogen-bond donors (Lipinski definition) is 2. The van der Waals surface area contributed by atoms with E-state index in [2.05, 4.69) is 51.3 Å². The number of allylic oxidation sites excluding steroid dienone is 1. The average Bonchev–Trinajstić information content (AvgIpc) is 3.23. The first-order valence-electron chi connectivity index (χ1n) is 16.4. The zero-order valence-corrected chi connectivity index (χ0v) is 26.1. The van der Waals surface area contributed by atoms with Crippen molar-refractivity contribution in [3.05, 3.63) is 11.6 Å². The van der Waals surface area contributed by atoms with Crippen molar-refractivity contribution in [1.29, 1.82) is 0 Å². The molecule has 0 bridgehead atoms. The Balaban J connectivity index is 1.31. The fourth-order valence-corrected chi connectivity index (χ4v) is 9.50. The van der Waals surface area contributed by atoms with Crippen molar-refractivity contribution < 1.29 is 14.3 Å². The highest BCUT2D eigenvalue weighted by Crippen LogP contribution is 2.67. The van der Waals surface area contributed by atoms with Crippen LogP contribution in [-0.2, 0) is 9.53 Å². The lowest BCUT2D eigenvalue weighted by Crippen LogP contribution is -2.51. The van der Waals surface area contributed by atoms with Gasteiger partial charge in [-0.15, -0.1) is 0 Å².